The first kappa shape index (κ1) is 26.0. The van der Waals surface area contributed by atoms with Gasteiger partial charge in [0, 0.05) is 9.90 Å². The van der Waals surface area contributed by atoms with Crippen molar-refractivity contribution in [2.75, 3.05) is 29.9 Å². The molecule has 1 heterocycles. The summed E-state index contributed by atoms with van der Waals surface area (Å²) in [6, 6.07) is 12.1. The Morgan fingerprint density at radius 1 is 1.08 bits per heavy atom. The van der Waals surface area contributed by atoms with Crippen LogP contribution in [0.15, 0.2) is 53.4 Å². The van der Waals surface area contributed by atoms with Crippen molar-refractivity contribution in [3.63, 3.8) is 0 Å². The highest BCUT2D eigenvalue weighted by Gasteiger charge is 2.31. The Hall–Kier alpha value is -3.08. The van der Waals surface area contributed by atoms with E-state index >= 15 is 0 Å². The summed E-state index contributed by atoms with van der Waals surface area (Å²) in [6.07, 6.45) is 2.49. The van der Waals surface area contributed by atoms with Gasteiger partial charge in [0.2, 0.25) is 5.91 Å². The Morgan fingerprint density at radius 3 is 2.42 bits per heavy atom. The summed E-state index contributed by atoms with van der Waals surface area (Å²) in [5.74, 6) is -0.543. The predicted molar refractivity (Wildman–Crippen MR) is 140 cm³/mol. The summed E-state index contributed by atoms with van der Waals surface area (Å²) in [4.78, 5) is 26.6. The highest BCUT2D eigenvalue weighted by molar-refractivity contribution is 7.92. The first-order valence-corrected chi connectivity index (χ1v) is 13.9. The molecule has 8 nitrogen and oxygen atoms in total. The number of carbonyl (C=O) groups excluding carboxylic acids is 2. The van der Waals surface area contributed by atoms with Crippen LogP contribution in [-0.4, -0.2) is 40.6 Å². The maximum Gasteiger partial charge on any atom is 0.341 e. The van der Waals surface area contributed by atoms with Gasteiger partial charge in [0.1, 0.15) is 17.3 Å². The SMILES string of the molecule is CCOc1ccc(N(CC(=O)Nc2sc3c(c2C(=O)OC)CCC3)S(=O)(=O)c2ccc(Cl)cc2)cc1. The number of carbonyl (C=O) groups is 2. The maximum absolute atomic E-state index is 13.6. The van der Waals surface area contributed by atoms with Gasteiger partial charge in [-0.15, -0.1) is 11.3 Å². The molecule has 1 aromatic heterocycles. The summed E-state index contributed by atoms with van der Waals surface area (Å²) in [6.45, 7) is 1.79. The number of nitrogens with zero attached hydrogens (tertiary/aromatic N) is 1. The molecule has 0 saturated heterocycles. The third kappa shape index (κ3) is 5.35. The number of esters is 1. The second-order valence-corrected chi connectivity index (χ2v) is 11.4. The highest BCUT2D eigenvalue weighted by Crippen LogP contribution is 2.39. The number of hydrogen-bond donors (Lipinski definition) is 1. The fourth-order valence-electron chi connectivity index (χ4n) is 4.03. The van der Waals surface area contributed by atoms with Crippen LogP contribution in [-0.2, 0) is 32.4 Å². The van der Waals surface area contributed by atoms with Gasteiger partial charge < -0.3 is 14.8 Å². The van der Waals surface area contributed by atoms with Crippen molar-refractivity contribution in [3.8, 4) is 5.75 Å². The number of nitrogens with one attached hydrogen (secondary N) is 1. The van der Waals surface area contributed by atoms with Crippen LogP contribution in [0, 0.1) is 0 Å². The van der Waals surface area contributed by atoms with Gasteiger partial charge in [-0.2, -0.15) is 0 Å². The maximum atomic E-state index is 13.6. The summed E-state index contributed by atoms with van der Waals surface area (Å²) in [5.41, 5.74) is 1.52. The van der Waals surface area contributed by atoms with Crippen molar-refractivity contribution in [2.45, 2.75) is 31.1 Å². The minimum atomic E-state index is -4.13. The first-order valence-electron chi connectivity index (χ1n) is 11.3. The lowest BCUT2D eigenvalue weighted by Crippen LogP contribution is -2.38. The molecule has 190 valence electrons. The van der Waals surface area contributed by atoms with Crippen LogP contribution in [0.25, 0.3) is 0 Å². The van der Waals surface area contributed by atoms with E-state index in [1.807, 2.05) is 6.92 Å². The Bertz CT molecular complexity index is 1370. The number of aryl methyl sites for hydroxylation is 1. The second kappa shape index (κ2) is 10.9. The van der Waals surface area contributed by atoms with Gasteiger partial charge in [0.05, 0.1) is 29.9 Å². The minimum absolute atomic E-state index is 0.0149. The van der Waals surface area contributed by atoms with Gasteiger partial charge in [-0.3, -0.25) is 9.10 Å². The predicted octanol–water partition coefficient (Wildman–Crippen LogP) is 4.91. The van der Waals surface area contributed by atoms with Crippen LogP contribution < -0.4 is 14.4 Å². The third-order valence-electron chi connectivity index (χ3n) is 5.69. The van der Waals surface area contributed by atoms with E-state index in [9.17, 15) is 18.0 Å². The van der Waals surface area contributed by atoms with Gasteiger partial charge in [-0.25, -0.2) is 13.2 Å². The summed E-state index contributed by atoms with van der Waals surface area (Å²) in [7, 11) is -2.84. The van der Waals surface area contributed by atoms with Crippen LogP contribution >= 0.6 is 22.9 Å². The molecule has 0 unspecified atom stereocenters. The molecule has 0 spiro atoms. The van der Waals surface area contributed by atoms with Gasteiger partial charge in [-0.05, 0) is 80.3 Å². The van der Waals surface area contributed by atoms with E-state index < -0.39 is 28.4 Å². The molecule has 0 atom stereocenters. The number of rotatable bonds is 9. The van der Waals surface area contributed by atoms with Crippen molar-refractivity contribution in [3.05, 3.63) is 69.6 Å². The van der Waals surface area contributed by atoms with E-state index in [0.717, 1.165) is 34.0 Å². The Kier molecular flexibility index (Phi) is 7.87. The second-order valence-electron chi connectivity index (χ2n) is 7.99. The lowest BCUT2D eigenvalue weighted by molar-refractivity contribution is -0.114. The topological polar surface area (TPSA) is 102 Å². The van der Waals surface area contributed by atoms with Crippen LogP contribution in [0.2, 0.25) is 5.02 Å². The molecule has 2 aromatic carbocycles. The number of hydrogen-bond acceptors (Lipinski definition) is 7. The molecule has 3 aromatic rings. The third-order valence-corrected chi connectivity index (χ3v) is 8.94. The Morgan fingerprint density at radius 2 is 1.78 bits per heavy atom. The molecule has 0 fully saturated rings. The van der Waals surface area contributed by atoms with Crippen LogP contribution in [0.5, 0.6) is 5.75 Å². The lowest BCUT2D eigenvalue weighted by Gasteiger charge is -2.24. The number of sulfonamides is 1. The Balaban J connectivity index is 1.66. The fourth-order valence-corrected chi connectivity index (χ4v) is 6.87. The zero-order chi connectivity index (χ0) is 25.9. The van der Waals surface area contributed by atoms with Crippen LogP contribution in [0.1, 0.15) is 34.1 Å². The number of ether oxygens (including phenoxy) is 2. The van der Waals surface area contributed by atoms with Gasteiger partial charge in [0.15, 0.2) is 0 Å². The number of benzene rings is 2. The largest absolute Gasteiger partial charge is 0.494 e. The molecule has 0 aliphatic heterocycles. The zero-order valence-corrected chi connectivity index (χ0v) is 22.1. The molecule has 1 aliphatic rings. The summed E-state index contributed by atoms with van der Waals surface area (Å²) >= 11 is 7.27. The van der Waals surface area contributed by atoms with Crippen LogP contribution in [0.4, 0.5) is 10.7 Å². The van der Waals surface area contributed by atoms with Gasteiger partial charge in [0.25, 0.3) is 10.0 Å². The molecule has 0 saturated carbocycles. The van der Waals surface area contributed by atoms with Crippen molar-refractivity contribution in [2.24, 2.45) is 0 Å². The molecule has 0 bridgehead atoms. The average Bonchev–Trinajstić information content (AvgIpc) is 3.44. The highest BCUT2D eigenvalue weighted by atomic mass is 35.5. The first-order chi connectivity index (χ1) is 17.2. The van der Waals surface area contributed by atoms with E-state index in [-0.39, 0.29) is 10.6 Å². The van der Waals surface area contributed by atoms with E-state index in [2.05, 4.69) is 5.32 Å². The van der Waals surface area contributed by atoms with E-state index in [4.69, 9.17) is 21.1 Å². The summed E-state index contributed by atoms with van der Waals surface area (Å²) in [5, 5.41) is 3.50. The van der Waals surface area contributed by atoms with Gasteiger partial charge in [-0.1, -0.05) is 11.6 Å². The van der Waals surface area contributed by atoms with Crippen molar-refractivity contribution in [1.82, 2.24) is 0 Å². The van der Waals surface area contributed by atoms with E-state index in [0.29, 0.717) is 27.9 Å². The number of amides is 1. The minimum Gasteiger partial charge on any atom is -0.494 e. The number of thiophene rings is 1. The van der Waals surface area contributed by atoms with Crippen molar-refractivity contribution < 1.29 is 27.5 Å². The standard InChI is InChI=1S/C25H25ClN2O6S2/c1-3-34-18-11-9-17(10-12-18)28(36(31,32)19-13-7-16(26)8-14-19)15-22(29)27-24-23(25(30)33-2)20-5-4-6-21(20)35-24/h7-14H,3-6,15H2,1-2H3,(H,27,29). The molecule has 36 heavy (non-hydrogen) atoms. The fraction of sp³-hybridized carbons (Fsp3) is 0.280. The number of fused-ring (bicyclic) bond motifs is 1. The van der Waals surface area contributed by atoms with Gasteiger partial charge >= 0.3 is 5.97 Å². The molecule has 1 N–H and O–H groups in total. The molecule has 0 radical (unpaired) electrons. The Labute approximate surface area is 218 Å². The number of halogens is 1. The average molecular weight is 549 g/mol. The molecule has 11 heteroatoms. The van der Waals surface area contributed by atoms with Crippen LogP contribution in [0.3, 0.4) is 0 Å². The lowest BCUT2D eigenvalue weighted by atomic mass is 10.1. The summed E-state index contributed by atoms with van der Waals surface area (Å²) < 4.78 is 38.6. The smallest absolute Gasteiger partial charge is 0.341 e. The molecule has 4 rings (SSSR count). The molecular weight excluding hydrogens is 524 g/mol. The van der Waals surface area contributed by atoms with E-state index in [1.54, 1.807) is 24.3 Å². The van der Waals surface area contributed by atoms with E-state index in [1.165, 1.54) is 42.7 Å². The monoisotopic (exact) mass is 548 g/mol. The van der Waals surface area contributed by atoms with Crippen molar-refractivity contribution in [1.29, 1.82) is 0 Å². The normalized spacial score (nSPS) is 12.6. The molecule has 1 aliphatic carbocycles. The number of anilines is 2. The zero-order valence-electron chi connectivity index (χ0n) is 19.7. The quantitative estimate of drug-likeness (QED) is 0.381. The number of methoxy groups -OCH3 is 1. The molecule has 1 amide bonds. The van der Waals surface area contributed by atoms with Crippen molar-refractivity contribution >= 4 is 55.5 Å². The molecular formula is C25H25ClN2O6S2.